The Morgan fingerprint density at radius 2 is 0.802 bits per heavy atom. The van der Waals surface area contributed by atoms with E-state index in [0.717, 1.165) is 143 Å². The lowest BCUT2D eigenvalue weighted by Crippen LogP contribution is -2.49. The van der Waals surface area contributed by atoms with Crippen LogP contribution < -0.4 is 32.3 Å². The standard InChI is InChI=1S/C47H58N8O5.C24H29N5O4.C23H31N3O2/c1-6-41-39(42(51-38-17-23-59-24-18-38)40-30-50-55(7-2)43(40)52-41)29-49-45(57)37-16-10-15-36(27-37)44(56)48-28-32-11-8-13-34(25-32)35-14-9-12-33(26-35)31-53-19-21-54(22-20-53)46(58)60-47(3,4)5;1-3-20-18(13-25-23(30)15-6-5-7-16(12-15)24(31)32)21(27-17-8-10-33-11-9-17)19-14-26-29(4-2)22(19)28-20;1-23(2,3)28-22(27)26-12-10-25(11-13-26)17-19-7-5-9-21(15-19)20-8-4-6-18(14-20)16-24/h8-16,25-27,30,38H,6-7,17-24,28-29,31H2,1-5H3,(H,48,56)(H,49,57)(H,51,52);5-7,12,14,17H,3-4,8-11,13H2,1-2H3,(H,25,30)(H,27,28)(H,31,32);4-9,14-15H,10-13,16-17,24H2,1-3H3. The monoisotopic (exact) mass is 1650 g/mol. The number of nitrogens with zero attached hydrogens (tertiary/aromatic N) is 10. The number of nitrogens with two attached hydrogens (primary N) is 1. The van der Waals surface area contributed by atoms with Crippen LogP contribution in [0.2, 0.25) is 0 Å². The van der Waals surface area contributed by atoms with Gasteiger partial charge in [-0.05, 0) is 199 Å². The molecule has 27 nitrogen and oxygen atoms in total. The zero-order chi connectivity index (χ0) is 85.7. The van der Waals surface area contributed by atoms with Gasteiger partial charge in [0, 0.05) is 182 Å². The number of aromatic nitrogens is 6. The number of rotatable bonds is 25. The first kappa shape index (κ1) is 88.7. The average Bonchev–Trinajstić information content (AvgIpc) is 1.67. The number of anilines is 2. The number of carboxylic acid groups (broad SMARTS) is 1. The number of carbonyl (C=O) groups is 6. The van der Waals surface area contributed by atoms with E-state index in [9.17, 15) is 33.9 Å². The van der Waals surface area contributed by atoms with E-state index in [1.54, 1.807) is 46.2 Å². The number of aromatic carboxylic acids is 1. The maximum absolute atomic E-state index is 13.6. The number of fused-ring (bicyclic) bond motifs is 2. The quantitative estimate of drug-likeness (QED) is 0.0279. The number of ether oxygens (including phenoxy) is 4. The van der Waals surface area contributed by atoms with Crippen molar-refractivity contribution >= 4 is 69.3 Å². The summed E-state index contributed by atoms with van der Waals surface area (Å²) < 4.78 is 25.9. The maximum Gasteiger partial charge on any atom is 0.410 e. The van der Waals surface area contributed by atoms with Gasteiger partial charge in [0.05, 0.1) is 40.1 Å². The molecule has 0 aliphatic carbocycles. The van der Waals surface area contributed by atoms with E-state index in [1.165, 1.54) is 34.4 Å². The highest BCUT2D eigenvalue weighted by atomic mass is 16.6. The first-order chi connectivity index (χ1) is 58.3. The highest BCUT2D eigenvalue weighted by Crippen LogP contribution is 2.35. The topological polar surface area (TPSA) is 320 Å². The Bertz CT molecular complexity index is 5230. The molecule has 0 radical (unpaired) electrons. The zero-order valence-corrected chi connectivity index (χ0v) is 71.6. The van der Waals surface area contributed by atoms with Crippen molar-refractivity contribution in [2.75, 3.05) is 89.4 Å². The average molecular weight is 1650 g/mol. The number of aryl methyl sites for hydroxylation is 4. The second-order valence-corrected chi connectivity index (χ2v) is 33.0. The molecule has 8 heterocycles. The van der Waals surface area contributed by atoms with Gasteiger partial charge in [0.2, 0.25) is 0 Å². The van der Waals surface area contributed by atoms with E-state index >= 15 is 0 Å². The van der Waals surface area contributed by atoms with Crippen molar-refractivity contribution in [1.29, 1.82) is 0 Å². The normalized spacial score (nSPS) is 15.0. The molecule has 4 aromatic heterocycles. The van der Waals surface area contributed by atoms with Gasteiger partial charge in [-0.3, -0.25) is 24.2 Å². The van der Waals surface area contributed by atoms with Crippen molar-refractivity contribution in [1.82, 2.24) is 65.1 Å². The van der Waals surface area contributed by atoms with Gasteiger partial charge in [0.15, 0.2) is 11.3 Å². The molecule has 4 fully saturated rings. The van der Waals surface area contributed by atoms with E-state index in [2.05, 4.69) is 145 Å². The zero-order valence-electron chi connectivity index (χ0n) is 71.6. The lowest BCUT2D eigenvalue weighted by molar-refractivity contribution is 0.0129. The molecule has 4 aliphatic heterocycles. The summed E-state index contributed by atoms with van der Waals surface area (Å²) in [6, 6.07) is 47.1. The Labute approximate surface area is 709 Å². The lowest BCUT2D eigenvalue weighted by atomic mass is 10.0. The molecule has 0 unspecified atom stereocenters. The number of carboxylic acids is 1. The summed E-state index contributed by atoms with van der Waals surface area (Å²) in [5, 5.41) is 36.7. The minimum atomic E-state index is -1.07. The van der Waals surface area contributed by atoms with Gasteiger partial charge < -0.3 is 66.2 Å². The summed E-state index contributed by atoms with van der Waals surface area (Å²) in [6.45, 7) is 32.9. The summed E-state index contributed by atoms with van der Waals surface area (Å²) in [5.41, 5.74) is 22.4. The van der Waals surface area contributed by atoms with Crippen molar-refractivity contribution in [3.63, 3.8) is 0 Å². The van der Waals surface area contributed by atoms with Crippen molar-refractivity contribution < 1.29 is 52.8 Å². The van der Waals surface area contributed by atoms with Crippen LogP contribution in [0.25, 0.3) is 44.3 Å². The summed E-state index contributed by atoms with van der Waals surface area (Å²) in [4.78, 5) is 94.1. The fraction of sp³-hybridized carbons (Fsp3) is 0.426. The summed E-state index contributed by atoms with van der Waals surface area (Å²) >= 11 is 0. The fourth-order valence-electron chi connectivity index (χ4n) is 15.4. The molecular formula is C94H118N16O11. The Balaban J connectivity index is 0.000000184. The van der Waals surface area contributed by atoms with Gasteiger partial charge in [0.1, 0.15) is 11.2 Å². The Hall–Kier alpha value is -11.6. The van der Waals surface area contributed by atoms with Crippen LogP contribution in [0, 0.1) is 0 Å². The van der Waals surface area contributed by atoms with Crippen LogP contribution in [0.1, 0.15) is 181 Å². The number of nitrogens with one attached hydrogen (secondary N) is 5. The predicted octanol–water partition coefficient (Wildman–Crippen LogP) is 14.3. The summed E-state index contributed by atoms with van der Waals surface area (Å²) in [7, 11) is 0. The van der Waals surface area contributed by atoms with Crippen LogP contribution in [0.3, 0.4) is 0 Å². The molecule has 6 aromatic carbocycles. The third-order valence-electron chi connectivity index (χ3n) is 21.9. The number of carbonyl (C=O) groups excluding carboxylic acids is 5. The summed E-state index contributed by atoms with van der Waals surface area (Å²) in [6.07, 6.45) is 8.21. The molecule has 8 N–H and O–H groups in total. The van der Waals surface area contributed by atoms with E-state index in [4.69, 9.17) is 34.6 Å². The largest absolute Gasteiger partial charge is 0.478 e. The molecule has 4 saturated heterocycles. The minimum absolute atomic E-state index is 0.0776. The lowest BCUT2D eigenvalue weighted by Gasteiger charge is -2.35. The third-order valence-corrected chi connectivity index (χ3v) is 21.9. The Morgan fingerprint density at radius 3 is 1.17 bits per heavy atom. The molecule has 10 aromatic rings. The van der Waals surface area contributed by atoms with Gasteiger partial charge >= 0.3 is 18.2 Å². The van der Waals surface area contributed by atoms with E-state index in [-0.39, 0.29) is 60.6 Å². The molecular weight excluding hydrogens is 1530 g/mol. The van der Waals surface area contributed by atoms with Gasteiger partial charge in [-0.25, -0.2) is 33.7 Å². The Kier molecular flexibility index (Phi) is 30.5. The molecule has 5 amide bonds. The van der Waals surface area contributed by atoms with Crippen molar-refractivity contribution in [3.8, 4) is 22.3 Å². The number of hydrogen-bond donors (Lipinski definition) is 7. The second-order valence-electron chi connectivity index (χ2n) is 33.0. The van der Waals surface area contributed by atoms with Crippen molar-refractivity contribution in [3.05, 3.63) is 225 Å². The number of hydrogen-bond acceptors (Lipinski definition) is 19. The third kappa shape index (κ3) is 24.1. The molecule has 121 heavy (non-hydrogen) atoms. The van der Waals surface area contributed by atoms with Crippen LogP contribution in [0.15, 0.2) is 158 Å². The van der Waals surface area contributed by atoms with Crippen LogP contribution >= 0.6 is 0 Å². The highest BCUT2D eigenvalue weighted by molar-refractivity contribution is 6.01. The van der Waals surface area contributed by atoms with Crippen LogP contribution in [-0.4, -0.2) is 192 Å². The first-order valence-corrected chi connectivity index (χ1v) is 42.5. The number of benzene rings is 6. The molecule has 14 rings (SSSR count). The maximum atomic E-state index is 13.6. The number of piperazine rings is 2. The minimum Gasteiger partial charge on any atom is -0.478 e. The van der Waals surface area contributed by atoms with Crippen molar-refractivity contribution in [2.24, 2.45) is 5.73 Å². The second kappa shape index (κ2) is 41.6. The van der Waals surface area contributed by atoms with Gasteiger partial charge in [-0.15, -0.1) is 0 Å². The van der Waals surface area contributed by atoms with Crippen LogP contribution in [0.5, 0.6) is 0 Å². The van der Waals surface area contributed by atoms with Gasteiger partial charge in [0.25, 0.3) is 17.7 Å². The molecule has 640 valence electrons. The SMILES string of the molecule is CC(C)(C)OC(=O)N1CCN(Cc2cccc(-c3cccc(CN)c3)c2)CC1.CCc1nc2c(cnn2CC)c(NC2CCOCC2)c1CNC(=O)c1cccc(C(=O)NCc2cccc(-c3cccc(CN4CCN(C(=O)OC(C)(C)C)CC4)c3)c2)c1.CCc1nc2c(cnn2CC)c(NC2CCOCC2)c1CNC(=O)c1cccc(C(=O)O)c1. The molecule has 0 bridgehead atoms. The number of amides is 5. The summed E-state index contributed by atoms with van der Waals surface area (Å²) in [5.74, 6) is -1.93. The molecule has 0 spiro atoms. The van der Waals surface area contributed by atoms with E-state index < -0.39 is 17.2 Å². The van der Waals surface area contributed by atoms with Gasteiger partial charge in [-0.2, -0.15) is 10.2 Å². The smallest absolute Gasteiger partial charge is 0.410 e. The van der Waals surface area contributed by atoms with Crippen molar-refractivity contribution in [2.45, 2.75) is 183 Å². The van der Waals surface area contributed by atoms with Crippen LogP contribution in [0.4, 0.5) is 21.0 Å². The van der Waals surface area contributed by atoms with Crippen LogP contribution in [-0.2, 0) is 84.1 Å². The van der Waals surface area contributed by atoms with Gasteiger partial charge in [-0.1, -0.05) is 98.8 Å². The molecule has 4 aliphatic rings. The fourth-order valence-corrected chi connectivity index (χ4v) is 15.4. The first-order valence-electron chi connectivity index (χ1n) is 42.5. The Morgan fingerprint density at radius 1 is 0.455 bits per heavy atom. The van der Waals surface area contributed by atoms with E-state index in [0.29, 0.717) is 108 Å². The molecule has 27 heteroatoms. The molecule has 0 saturated carbocycles. The number of pyridine rings is 2. The predicted molar refractivity (Wildman–Crippen MR) is 471 cm³/mol. The molecule has 0 atom stereocenters. The van der Waals surface area contributed by atoms with E-state index in [1.807, 2.05) is 89.3 Å². The highest BCUT2D eigenvalue weighted by Gasteiger charge is 2.30.